The maximum Gasteiger partial charge on any atom is 0.135 e. The monoisotopic (exact) mass is 290 g/mol. The standard InChI is InChI=1S/C14H15BrN2/c1-3-17(13-7-5-4-6-8-13)14-11(2)9-12(15)10-16-14/h4-10H,3H2,1-2H3. The largest absolute Gasteiger partial charge is 0.326 e. The number of aromatic nitrogens is 1. The Balaban J connectivity index is 2.42. The number of halogens is 1. The predicted octanol–water partition coefficient (Wildman–Crippen LogP) is 4.31. The van der Waals surface area contributed by atoms with E-state index in [0.717, 1.165) is 16.8 Å². The zero-order valence-electron chi connectivity index (χ0n) is 10.0. The van der Waals surface area contributed by atoms with E-state index in [9.17, 15) is 0 Å². The molecule has 17 heavy (non-hydrogen) atoms. The van der Waals surface area contributed by atoms with Gasteiger partial charge in [0.25, 0.3) is 0 Å². The van der Waals surface area contributed by atoms with Crippen molar-refractivity contribution in [3.63, 3.8) is 0 Å². The third-order valence-corrected chi connectivity index (χ3v) is 3.09. The fraction of sp³-hybridized carbons (Fsp3) is 0.214. The molecular formula is C14H15BrN2. The van der Waals surface area contributed by atoms with Crippen molar-refractivity contribution >= 4 is 27.4 Å². The molecule has 0 fully saturated rings. The molecule has 1 aromatic carbocycles. The molecule has 0 unspecified atom stereocenters. The van der Waals surface area contributed by atoms with Crippen molar-refractivity contribution in [1.29, 1.82) is 0 Å². The van der Waals surface area contributed by atoms with Gasteiger partial charge in [0.1, 0.15) is 5.82 Å². The zero-order valence-corrected chi connectivity index (χ0v) is 11.6. The minimum absolute atomic E-state index is 0.902. The quantitative estimate of drug-likeness (QED) is 0.837. The Morgan fingerprint density at radius 2 is 1.94 bits per heavy atom. The summed E-state index contributed by atoms with van der Waals surface area (Å²) < 4.78 is 1.02. The predicted molar refractivity (Wildman–Crippen MR) is 75.8 cm³/mol. The average Bonchev–Trinajstić information content (AvgIpc) is 2.34. The van der Waals surface area contributed by atoms with E-state index in [4.69, 9.17) is 0 Å². The van der Waals surface area contributed by atoms with Crippen LogP contribution in [0.1, 0.15) is 12.5 Å². The lowest BCUT2D eigenvalue weighted by molar-refractivity contribution is 0.977. The summed E-state index contributed by atoms with van der Waals surface area (Å²) in [4.78, 5) is 6.71. The van der Waals surface area contributed by atoms with Crippen LogP contribution in [0, 0.1) is 6.92 Å². The molecule has 0 radical (unpaired) electrons. The second-order valence-electron chi connectivity index (χ2n) is 3.87. The van der Waals surface area contributed by atoms with Gasteiger partial charge in [-0.25, -0.2) is 4.98 Å². The number of pyridine rings is 1. The normalized spacial score (nSPS) is 10.3. The summed E-state index contributed by atoms with van der Waals surface area (Å²) in [5, 5.41) is 0. The summed E-state index contributed by atoms with van der Waals surface area (Å²) in [5.41, 5.74) is 2.35. The highest BCUT2D eigenvalue weighted by molar-refractivity contribution is 9.10. The average molecular weight is 291 g/mol. The number of hydrogen-bond donors (Lipinski definition) is 0. The molecule has 0 spiro atoms. The minimum atomic E-state index is 0.902. The van der Waals surface area contributed by atoms with E-state index in [1.807, 2.05) is 24.4 Å². The molecule has 2 nitrogen and oxygen atoms in total. The van der Waals surface area contributed by atoms with Crippen molar-refractivity contribution in [2.24, 2.45) is 0 Å². The smallest absolute Gasteiger partial charge is 0.135 e. The number of hydrogen-bond acceptors (Lipinski definition) is 2. The Morgan fingerprint density at radius 3 is 2.53 bits per heavy atom. The Kier molecular flexibility index (Phi) is 3.79. The highest BCUT2D eigenvalue weighted by Gasteiger charge is 2.10. The van der Waals surface area contributed by atoms with Gasteiger partial charge in [0.15, 0.2) is 0 Å². The van der Waals surface area contributed by atoms with Crippen LogP contribution in [-0.4, -0.2) is 11.5 Å². The molecular weight excluding hydrogens is 276 g/mol. The van der Waals surface area contributed by atoms with Crippen molar-refractivity contribution in [3.05, 3.63) is 52.6 Å². The van der Waals surface area contributed by atoms with E-state index in [1.165, 1.54) is 11.3 Å². The topological polar surface area (TPSA) is 16.1 Å². The summed E-state index contributed by atoms with van der Waals surface area (Å²) in [5.74, 6) is 1.02. The van der Waals surface area contributed by atoms with Gasteiger partial charge in [0, 0.05) is 22.9 Å². The van der Waals surface area contributed by atoms with Gasteiger partial charge < -0.3 is 4.90 Å². The third kappa shape index (κ3) is 2.67. The van der Waals surface area contributed by atoms with E-state index in [-0.39, 0.29) is 0 Å². The van der Waals surface area contributed by atoms with Gasteiger partial charge in [-0.05, 0) is 53.5 Å². The van der Waals surface area contributed by atoms with Gasteiger partial charge in [-0.1, -0.05) is 18.2 Å². The molecule has 0 aliphatic heterocycles. The van der Waals surface area contributed by atoms with Crippen LogP contribution in [0.2, 0.25) is 0 Å². The molecule has 0 aliphatic carbocycles. The van der Waals surface area contributed by atoms with E-state index in [0.29, 0.717) is 0 Å². The van der Waals surface area contributed by atoms with Crippen LogP contribution in [0.4, 0.5) is 11.5 Å². The lowest BCUT2D eigenvalue weighted by Gasteiger charge is -2.23. The summed E-state index contributed by atoms with van der Waals surface area (Å²) >= 11 is 3.44. The summed E-state index contributed by atoms with van der Waals surface area (Å²) in [7, 11) is 0. The molecule has 0 saturated heterocycles. The first kappa shape index (κ1) is 12.1. The van der Waals surface area contributed by atoms with Crippen molar-refractivity contribution in [2.75, 3.05) is 11.4 Å². The Bertz CT molecular complexity index is 497. The van der Waals surface area contributed by atoms with Crippen LogP contribution < -0.4 is 4.90 Å². The van der Waals surface area contributed by atoms with Gasteiger partial charge in [0.05, 0.1) is 0 Å². The van der Waals surface area contributed by atoms with Crippen molar-refractivity contribution < 1.29 is 0 Å². The first-order valence-corrected chi connectivity index (χ1v) is 6.46. The molecule has 3 heteroatoms. The van der Waals surface area contributed by atoms with Crippen LogP contribution in [0.3, 0.4) is 0 Å². The molecule has 0 N–H and O–H groups in total. The molecule has 1 aromatic heterocycles. The Labute approximate surface area is 110 Å². The van der Waals surface area contributed by atoms with E-state index in [1.54, 1.807) is 0 Å². The van der Waals surface area contributed by atoms with E-state index < -0.39 is 0 Å². The Morgan fingerprint density at radius 1 is 1.24 bits per heavy atom. The van der Waals surface area contributed by atoms with Gasteiger partial charge in [-0.15, -0.1) is 0 Å². The van der Waals surface area contributed by atoms with Crippen LogP contribution in [-0.2, 0) is 0 Å². The molecule has 0 bridgehead atoms. The zero-order chi connectivity index (χ0) is 12.3. The first-order chi connectivity index (χ1) is 8.22. The number of aryl methyl sites for hydroxylation is 1. The number of rotatable bonds is 3. The fourth-order valence-corrected chi connectivity index (χ4v) is 2.32. The Hall–Kier alpha value is -1.35. The van der Waals surface area contributed by atoms with Gasteiger partial charge in [0.2, 0.25) is 0 Å². The molecule has 88 valence electrons. The van der Waals surface area contributed by atoms with E-state index in [2.05, 4.69) is 57.9 Å². The number of nitrogens with zero attached hydrogens (tertiary/aromatic N) is 2. The van der Waals surface area contributed by atoms with Crippen molar-refractivity contribution in [1.82, 2.24) is 4.98 Å². The lowest BCUT2D eigenvalue weighted by Crippen LogP contribution is -2.18. The third-order valence-electron chi connectivity index (χ3n) is 2.66. The maximum absolute atomic E-state index is 4.50. The molecule has 2 aromatic rings. The number of benzene rings is 1. The van der Waals surface area contributed by atoms with Crippen LogP contribution in [0.15, 0.2) is 47.1 Å². The molecule has 0 amide bonds. The maximum atomic E-state index is 4.50. The lowest BCUT2D eigenvalue weighted by atomic mass is 10.2. The molecule has 2 rings (SSSR count). The summed E-state index contributed by atoms with van der Waals surface area (Å²) in [6.07, 6.45) is 1.84. The van der Waals surface area contributed by atoms with Gasteiger partial charge >= 0.3 is 0 Å². The summed E-state index contributed by atoms with van der Waals surface area (Å²) in [6, 6.07) is 12.4. The highest BCUT2D eigenvalue weighted by atomic mass is 79.9. The molecule has 0 saturated carbocycles. The second kappa shape index (κ2) is 5.32. The number of para-hydroxylation sites is 1. The van der Waals surface area contributed by atoms with Crippen molar-refractivity contribution in [3.8, 4) is 0 Å². The van der Waals surface area contributed by atoms with Crippen LogP contribution in [0.5, 0.6) is 0 Å². The van der Waals surface area contributed by atoms with Crippen LogP contribution >= 0.6 is 15.9 Å². The van der Waals surface area contributed by atoms with E-state index >= 15 is 0 Å². The van der Waals surface area contributed by atoms with Gasteiger partial charge in [-0.2, -0.15) is 0 Å². The van der Waals surface area contributed by atoms with Crippen molar-refractivity contribution in [2.45, 2.75) is 13.8 Å². The van der Waals surface area contributed by atoms with Crippen LogP contribution in [0.25, 0.3) is 0 Å². The molecule has 0 aliphatic rings. The number of anilines is 2. The molecule has 1 heterocycles. The van der Waals surface area contributed by atoms with Gasteiger partial charge in [-0.3, -0.25) is 0 Å². The highest BCUT2D eigenvalue weighted by Crippen LogP contribution is 2.27. The molecule has 0 atom stereocenters. The fourth-order valence-electron chi connectivity index (χ4n) is 1.88. The SMILES string of the molecule is CCN(c1ccccc1)c1ncc(Br)cc1C. The first-order valence-electron chi connectivity index (χ1n) is 5.67. The minimum Gasteiger partial charge on any atom is -0.326 e. The second-order valence-corrected chi connectivity index (χ2v) is 4.79. The summed E-state index contributed by atoms with van der Waals surface area (Å²) in [6.45, 7) is 5.12.